The molecule has 2 aromatic rings. The van der Waals surface area contributed by atoms with Crippen molar-refractivity contribution >= 4 is 11.7 Å². The van der Waals surface area contributed by atoms with Gasteiger partial charge in [-0.05, 0) is 26.8 Å². The minimum atomic E-state index is -0.627. The first-order chi connectivity index (χ1) is 9.90. The molecule has 7 heteroatoms. The van der Waals surface area contributed by atoms with Crippen molar-refractivity contribution < 1.29 is 19.0 Å². The van der Waals surface area contributed by atoms with Gasteiger partial charge in [-0.3, -0.25) is 10.1 Å². The van der Waals surface area contributed by atoms with Crippen molar-refractivity contribution in [2.45, 2.75) is 27.4 Å². The molecule has 1 aromatic carbocycles. The third-order valence-corrected chi connectivity index (χ3v) is 3.17. The molecule has 110 valence electrons. The molecule has 0 aliphatic heterocycles. The van der Waals surface area contributed by atoms with Crippen LogP contribution in [0, 0.1) is 30.9 Å². The topological polar surface area (TPSA) is 95.5 Å². The van der Waals surface area contributed by atoms with E-state index < -0.39 is 10.9 Å². The largest absolute Gasteiger partial charge is 0.457 e. The summed E-state index contributed by atoms with van der Waals surface area (Å²) in [4.78, 5) is 22.3. The number of hydrogen-bond acceptors (Lipinski definition) is 6. The second-order valence-corrected chi connectivity index (χ2v) is 4.64. The number of ether oxygens (including phenoxy) is 1. The van der Waals surface area contributed by atoms with E-state index in [0.717, 1.165) is 0 Å². The quantitative estimate of drug-likeness (QED) is 0.488. The summed E-state index contributed by atoms with van der Waals surface area (Å²) in [6.07, 6.45) is 0. The number of carbonyl (C=O) groups is 1. The van der Waals surface area contributed by atoms with Crippen molar-refractivity contribution in [2.24, 2.45) is 0 Å². The number of benzene rings is 1. The van der Waals surface area contributed by atoms with Crippen molar-refractivity contribution in [3.05, 3.63) is 56.5 Å². The lowest BCUT2D eigenvalue weighted by molar-refractivity contribution is -0.385. The number of hydrogen-bond donors (Lipinski definition) is 0. The van der Waals surface area contributed by atoms with Crippen LogP contribution in [0.1, 0.15) is 32.9 Å². The lowest BCUT2D eigenvalue weighted by atomic mass is 10.1. The SMILES string of the molecule is Cc1ccc(C(=O)OCc2c(C)noc2C)cc1[N+](=O)[O-]. The van der Waals surface area contributed by atoms with Gasteiger partial charge in [0.25, 0.3) is 5.69 Å². The molecule has 0 saturated carbocycles. The third kappa shape index (κ3) is 3.07. The Bertz CT molecular complexity index is 686. The van der Waals surface area contributed by atoms with E-state index >= 15 is 0 Å². The van der Waals surface area contributed by atoms with E-state index in [0.29, 0.717) is 22.6 Å². The smallest absolute Gasteiger partial charge is 0.338 e. The van der Waals surface area contributed by atoms with Crippen LogP contribution in [0.5, 0.6) is 0 Å². The zero-order valence-electron chi connectivity index (χ0n) is 11.9. The predicted molar refractivity (Wildman–Crippen MR) is 72.9 cm³/mol. The molecule has 0 fully saturated rings. The maximum absolute atomic E-state index is 12.0. The van der Waals surface area contributed by atoms with E-state index in [1.807, 2.05) is 0 Å². The fraction of sp³-hybridized carbons (Fsp3) is 0.286. The lowest BCUT2D eigenvalue weighted by Crippen LogP contribution is -2.07. The zero-order valence-corrected chi connectivity index (χ0v) is 11.9. The monoisotopic (exact) mass is 290 g/mol. The first-order valence-corrected chi connectivity index (χ1v) is 6.24. The summed E-state index contributed by atoms with van der Waals surface area (Å²) in [5.41, 5.74) is 1.86. The van der Waals surface area contributed by atoms with Crippen molar-refractivity contribution in [2.75, 3.05) is 0 Å². The van der Waals surface area contributed by atoms with Crippen LogP contribution in [0.2, 0.25) is 0 Å². The average molecular weight is 290 g/mol. The Labute approximate surface area is 120 Å². The predicted octanol–water partition coefficient (Wildman–Crippen LogP) is 2.87. The molecule has 0 N–H and O–H groups in total. The van der Waals surface area contributed by atoms with Gasteiger partial charge in [0.2, 0.25) is 0 Å². The molecule has 0 spiro atoms. The summed E-state index contributed by atoms with van der Waals surface area (Å²) in [6, 6.07) is 4.23. The van der Waals surface area contributed by atoms with Gasteiger partial charge in [0.05, 0.1) is 21.7 Å². The Morgan fingerprint density at radius 3 is 2.67 bits per heavy atom. The minimum Gasteiger partial charge on any atom is -0.457 e. The fourth-order valence-electron chi connectivity index (χ4n) is 1.86. The van der Waals surface area contributed by atoms with Gasteiger partial charge in [0.15, 0.2) is 0 Å². The molecule has 1 heterocycles. The molecule has 0 amide bonds. The Balaban J connectivity index is 2.14. The molecule has 0 bridgehead atoms. The van der Waals surface area contributed by atoms with Crippen LogP contribution in [0.25, 0.3) is 0 Å². The molecule has 0 saturated heterocycles. The molecule has 1 aromatic heterocycles. The fourth-order valence-corrected chi connectivity index (χ4v) is 1.86. The van der Waals surface area contributed by atoms with Crippen molar-refractivity contribution in [1.82, 2.24) is 5.16 Å². The van der Waals surface area contributed by atoms with Gasteiger partial charge in [-0.15, -0.1) is 0 Å². The first kappa shape index (κ1) is 14.7. The van der Waals surface area contributed by atoms with Crippen LogP contribution in [-0.4, -0.2) is 16.0 Å². The highest BCUT2D eigenvalue weighted by Gasteiger charge is 2.17. The van der Waals surface area contributed by atoms with E-state index in [2.05, 4.69) is 5.16 Å². The van der Waals surface area contributed by atoms with Crippen molar-refractivity contribution in [3.8, 4) is 0 Å². The molecular weight excluding hydrogens is 276 g/mol. The van der Waals surface area contributed by atoms with Crippen LogP contribution in [0.4, 0.5) is 5.69 Å². The molecule has 2 rings (SSSR count). The first-order valence-electron chi connectivity index (χ1n) is 6.24. The van der Waals surface area contributed by atoms with E-state index in [1.54, 1.807) is 20.8 Å². The highest BCUT2D eigenvalue weighted by molar-refractivity contribution is 5.90. The van der Waals surface area contributed by atoms with Crippen LogP contribution in [0.15, 0.2) is 22.7 Å². The highest BCUT2D eigenvalue weighted by Crippen LogP contribution is 2.20. The minimum absolute atomic E-state index is 0.0155. The number of aromatic nitrogens is 1. The van der Waals surface area contributed by atoms with Crippen LogP contribution >= 0.6 is 0 Å². The van der Waals surface area contributed by atoms with Gasteiger partial charge in [-0.1, -0.05) is 11.2 Å². The Kier molecular flexibility index (Phi) is 4.02. The van der Waals surface area contributed by atoms with E-state index in [1.165, 1.54) is 18.2 Å². The summed E-state index contributed by atoms with van der Waals surface area (Å²) >= 11 is 0. The number of nitrogens with zero attached hydrogens (tertiary/aromatic N) is 2. The summed E-state index contributed by atoms with van der Waals surface area (Å²) in [5, 5.41) is 14.6. The summed E-state index contributed by atoms with van der Waals surface area (Å²) in [7, 11) is 0. The molecule has 0 unspecified atom stereocenters. The van der Waals surface area contributed by atoms with Gasteiger partial charge in [0.1, 0.15) is 12.4 Å². The molecule has 0 aliphatic rings. The second kappa shape index (κ2) is 5.74. The summed E-state index contributed by atoms with van der Waals surface area (Å²) in [5.74, 6) is -0.0479. The molecule has 0 aliphatic carbocycles. The second-order valence-electron chi connectivity index (χ2n) is 4.64. The van der Waals surface area contributed by atoms with Gasteiger partial charge in [0, 0.05) is 11.6 Å². The molecule has 21 heavy (non-hydrogen) atoms. The number of nitro benzene ring substituents is 1. The van der Waals surface area contributed by atoms with E-state index in [4.69, 9.17) is 9.26 Å². The molecular formula is C14H14N2O5. The number of rotatable bonds is 4. The van der Waals surface area contributed by atoms with Crippen LogP contribution in [-0.2, 0) is 11.3 Å². The van der Waals surface area contributed by atoms with Crippen molar-refractivity contribution in [1.29, 1.82) is 0 Å². The van der Waals surface area contributed by atoms with Gasteiger partial charge in [-0.2, -0.15) is 0 Å². The standard InChI is InChI=1S/C14H14N2O5/c1-8-4-5-11(6-13(8)16(18)19)14(17)20-7-12-9(2)15-21-10(12)3/h4-6H,7H2,1-3H3. The van der Waals surface area contributed by atoms with Crippen LogP contribution < -0.4 is 0 Å². The Morgan fingerprint density at radius 2 is 2.10 bits per heavy atom. The zero-order chi connectivity index (χ0) is 15.6. The third-order valence-electron chi connectivity index (χ3n) is 3.17. The number of carbonyl (C=O) groups excluding carboxylic acids is 1. The summed E-state index contributed by atoms with van der Waals surface area (Å²) < 4.78 is 10.1. The van der Waals surface area contributed by atoms with Gasteiger partial charge < -0.3 is 9.26 Å². The summed E-state index contributed by atoms with van der Waals surface area (Å²) in [6.45, 7) is 5.09. The van der Waals surface area contributed by atoms with E-state index in [9.17, 15) is 14.9 Å². The Morgan fingerprint density at radius 1 is 1.38 bits per heavy atom. The normalized spacial score (nSPS) is 10.4. The molecule has 0 atom stereocenters. The number of aryl methyl sites for hydroxylation is 3. The van der Waals surface area contributed by atoms with Crippen molar-refractivity contribution in [3.63, 3.8) is 0 Å². The van der Waals surface area contributed by atoms with Crippen LogP contribution in [0.3, 0.4) is 0 Å². The Hall–Kier alpha value is -2.70. The number of nitro groups is 1. The average Bonchev–Trinajstić information content (AvgIpc) is 2.75. The maximum Gasteiger partial charge on any atom is 0.338 e. The van der Waals surface area contributed by atoms with Gasteiger partial charge in [-0.25, -0.2) is 4.79 Å². The maximum atomic E-state index is 12.0. The van der Waals surface area contributed by atoms with Gasteiger partial charge >= 0.3 is 5.97 Å². The number of esters is 1. The molecule has 7 nitrogen and oxygen atoms in total. The molecule has 0 radical (unpaired) electrons. The highest BCUT2D eigenvalue weighted by atomic mass is 16.6. The van der Waals surface area contributed by atoms with E-state index in [-0.39, 0.29) is 17.9 Å². The lowest BCUT2D eigenvalue weighted by Gasteiger charge is -2.05.